The van der Waals surface area contributed by atoms with E-state index < -0.39 is 0 Å². The molecular weight excluding hydrogens is 520 g/mol. The lowest BCUT2D eigenvalue weighted by Gasteiger charge is -2.29. The highest BCUT2D eigenvalue weighted by Crippen LogP contribution is 2.06. The number of rotatable bonds is 17. The van der Waals surface area contributed by atoms with Gasteiger partial charge in [0.1, 0.15) is 19.3 Å². The van der Waals surface area contributed by atoms with Crippen molar-refractivity contribution in [1.82, 2.24) is 19.6 Å². The van der Waals surface area contributed by atoms with Crippen molar-refractivity contribution in [3.63, 3.8) is 0 Å². The number of amides is 2. The van der Waals surface area contributed by atoms with E-state index in [1.807, 2.05) is 67.6 Å². The molecule has 0 heterocycles. The first kappa shape index (κ1) is 33.5. The molecule has 0 aliphatic rings. The maximum Gasteiger partial charge on any atom is 0.410 e. The third kappa shape index (κ3) is 14.5. The number of nitrogens with zero attached hydrogens (tertiary/aromatic N) is 4. The molecule has 0 saturated heterocycles. The van der Waals surface area contributed by atoms with Crippen molar-refractivity contribution in [3.05, 3.63) is 71.8 Å². The number of likely N-dealkylation sites (N-methyl/N-ethyl adjacent to an activating group) is 2. The van der Waals surface area contributed by atoms with E-state index in [4.69, 9.17) is 14.2 Å². The van der Waals surface area contributed by atoms with Gasteiger partial charge in [0.2, 0.25) is 0 Å². The van der Waals surface area contributed by atoms with Crippen LogP contribution in [-0.4, -0.2) is 105 Å². The average molecular weight is 567 g/mol. The Hall–Kier alpha value is -3.74. The van der Waals surface area contributed by atoms with Crippen LogP contribution in [0.15, 0.2) is 60.7 Å². The highest BCUT2D eigenvalue weighted by molar-refractivity contribution is 5.68. The lowest BCUT2D eigenvalue weighted by Crippen LogP contribution is -2.44. The molecule has 0 unspecified atom stereocenters. The smallest absolute Gasteiger partial charge is 0.410 e. The molecule has 0 aliphatic carbocycles. The van der Waals surface area contributed by atoms with Crippen LogP contribution in [0.1, 0.15) is 31.4 Å². The van der Waals surface area contributed by atoms with Crippen LogP contribution in [0, 0.1) is 12.0 Å². The predicted molar refractivity (Wildman–Crippen MR) is 161 cm³/mol. The summed E-state index contributed by atoms with van der Waals surface area (Å²) in [7, 11) is 3.77. The molecule has 0 fully saturated rings. The Balaban J connectivity index is 1.97. The largest absolute Gasteiger partial charge is 0.447 e. The van der Waals surface area contributed by atoms with Crippen molar-refractivity contribution >= 4 is 12.2 Å². The maximum atomic E-state index is 13.1. The van der Waals surface area contributed by atoms with Gasteiger partial charge in [0.15, 0.2) is 0 Å². The van der Waals surface area contributed by atoms with E-state index >= 15 is 0 Å². The van der Waals surface area contributed by atoms with E-state index in [1.165, 1.54) is 0 Å². The van der Waals surface area contributed by atoms with E-state index in [0.717, 1.165) is 30.6 Å². The highest BCUT2D eigenvalue weighted by Gasteiger charge is 2.18. The topological polar surface area (TPSA) is 74.8 Å². The molecule has 0 radical (unpaired) electrons. The number of ether oxygens (including phenoxy) is 3. The summed E-state index contributed by atoms with van der Waals surface area (Å²) < 4.78 is 16.3. The molecule has 9 heteroatoms. The van der Waals surface area contributed by atoms with Gasteiger partial charge in [-0.15, -0.1) is 0 Å². The molecule has 9 nitrogen and oxygen atoms in total. The average Bonchev–Trinajstić information content (AvgIpc) is 3.00. The lowest BCUT2D eigenvalue weighted by molar-refractivity contribution is 0.0864. The van der Waals surface area contributed by atoms with E-state index in [2.05, 4.69) is 35.8 Å². The summed E-state index contributed by atoms with van der Waals surface area (Å²) in [5, 5.41) is 0. The van der Waals surface area contributed by atoms with Crippen LogP contribution >= 0.6 is 0 Å². The minimum Gasteiger partial charge on any atom is -0.447 e. The number of carbonyl (C=O) groups is 2. The minimum absolute atomic E-state index is 0.222. The molecule has 0 aromatic heterocycles. The van der Waals surface area contributed by atoms with E-state index in [1.54, 1.807) is 16.8 Å². The van der Waals surface area contributed by atoms with E-state index in [-0.39, 0.29) is 25.4 Å². The standard InChI is InChI=1S/C32H46N4O5/c1-5-18-33(3)20-24-36(32(38)41-28-30-16-11-8-12-17-30)25-23-35(19-13-26-39-6-2)22-21-34(4)31(37)40-27-29-14-9-7-10-15-29/h7-12,14-17H,5-6,18-25,27-28H2,1-4H3. The minimum atomic E-state index is -0.390. The molecule has 41 heavy (non-hydrogen) atoms. The molecule has 0 saturated carbocycles. The van der Waals surface area contributed by atoms with E-state index in [9.17, 15) is 9.59 Å². The van der Waals surface area contributed by atoms with Crippen LogP contribution in [0.3, 0.4) is 0 Å². The second kappa shape index (κ2) is 20.2. The summed E-state index contributed by atoms with van der Waals surface area (Å²) in [5.74, 6) is 3.03. The Morgan fingerprint density at radius 3 is 1.85 bits per heavy atom. The fourth-order valence-corrected chi connectivity index (χ4v) is 3.90. The van der Waals surface area contributed by atoms with Gasteiger partial charge in [-0.25, -0.2) is 9.59 Å². The van der Waals surface area contributed by atoms with Crippen LogP contribution in [0.4, 0.5) is 9.59 Å². The Kier molecular flexibility index (Phi) is 16.5. The first-order valence-electron chi connectivity index (χ1n) is 14.3. The van der Waals surface area contributed by atoms with Gasteiger partial charge >= 0.3 is 12.2 Å². The first-order chi connectivity index (χ1) is 19.9. The van der Waals surface area contributed by atoms with Gasteiger partial charge in [0.05, 0.1) is 13.2 Å². The molecule has 224 valence electrons. The molecule has 2 amide bonds. The van der Waals surface area contributed by atoms with Gasteiger partial charge in [0, 0.05) is 46.3 Å². The Morgan fingerprint density at radius 1 is 0.707 bits per heavy atom. The molecule has 0 atom stereocenters. The number of benzene rings is 2. The summed E-state index contributed by atoms with van der Waals surface area (Å²) in [6.45, 7) is 9.70. The highest BCUT2D eigenvalue weighted by atomic mass is 16.6. The van der Waals surface area contributed by atoms with E-state index in [0.29, 0.717) is 45.9 Å². The first-order valence-corrected chi connectivity index (χ1v) is 14.3. The van der Waals surface area contributed by atoms with Crippen LogP contribution < -0.4 is 0 Å². The van der Waals surface area contributed by atoms with Gasteiger partial charge in [0.25, 0.3) is 0 Å². The zero-order chi connectivity index (χ0) is 29.7. The summed E-state index contributed by atoms with van der Waals surface area (Å²) in [4.78, 5) is 33.2. The van der Waals surface area contributed by atoms with Gasteiger partial charge in [-0.1, -0.05) is 67.6 Å². The van der Waals surface area contributed by atoms with Crippen molar-refractivity contribution in [2.75, 3.05) is 73.1 Å². The van der Waals surface area contributed by atoms with Gasteiger partial charge in [-0.2, -0.15) is 0 Å². The predicted octanol–water partition coefficient (Wildman–Crippen LogP) is 4.54. The Bertz CT molecular complexity index is 1060. The van der Waals surface area contributed by atoms with Gasteiger partial charge < -0.3 is 28.9 Å². The van der Waals surface area contributed by atoms with Crippen molar-refractivity contribution < 1.29 is 23.8 Å². The molecule has 2 aromatic carbocycles. The molecular formula is C32H46N4O5. The SMILES string of the molecule is CCCN(C)CCN(CCN(CC#COCC)CCN(C)C(=O)OCc1ccccc1)C(=O)OCc1ccccc1. The van der Waals surface area contributed by atoms with Crippen molar-refractivity contribution in [3.8, 4) is 12.0 Å². The molecule has 0 N–H and O–H groups in total. The zero-order valence-corrected chi connectivity index (χ0v) is 25.1. The molecule has 2 aromatic rings. The van der Waals surface area contributed by atoms with Gasteiger partial charge in [-0.05, 0) is 44.0 Å². The number of hydrogen-bond donors (Lipinski definition) is 0. The quantitative estimate of drug-likeness (QED) is 0.261. The van der Waals surface area contributed by atoms with Crippen LogP contribution in [0.2, 0.25) is 0 Å². The summed E-state index contributed by atoms with van der Waals surface area (Å²) in [6.07, 6.45) is 3.02. The third-order valence-electron chi connectivity index (χ3n) is 6.37. The maximum absolute atomic E-state index is 13.1. The second-order valence-corrected chi connectivity index (χ2v) is 9.78. The van der Waals surface area contributed by atoms with Crippen molar-refractivity contribution in [2.24, 2.45) is 0 Å². The lowest BCUT2D eigenvalue weighted by atomic mass is 10.2. The molecule has 2 rings (SSSR count). The second-order valence-electron chi connectivity index (χ2n) is 9.78. The Labute approximate surface area is 245 Å². The van der Waals surface area contributed by atoms with Crippen molar-refractivity contribution in [1.29, 1.82) is 0 Å². The van der Waals surface area contributed by atoms with Crippen molar-refractivity contribution in [2.45, 2.75) is 33.5 Å². The third-order valence-corrected chi connectivity index (χ3v) is 6.37. The van der Waals surface area contributed by atoms with Crippen LogP contribution in [0.25, 0.3) is 0 Å². The number of hydrogen-bond acceptors (Lipinski definition) is 7. The summed E-state index contributed by atoms with van der Waals surface area (Å²) >= 11 is 0. The fourth-order valence-electron chi connectivity index (χ4n) is 3.90. The molecule has 0 spiro atoms. The summed E-state index contributed by atoms with van der Waals surface area (Å²) in [5.41, 5.74) is 1.88. The zero-order valence-electron chi connectivity index (χ0n) is 25.1. The number of carbonyl (C=O) groups excluding carboxylic acids is 2. The monoisotopic (exact) mass is 566 g/mol. The molecule has 0 bridgehead atoms. The molecule has 0 aliphatic heterocycles. The Morgan fingerprint density at radius 2 is 1.27 bits per heavy atom. The normalized spacial score (nSPS) is 10.6. The van der Waals surface area contributed by atoms with Crippen LogP contribution in [-0.2, 0) is 27.4 Å². The van der Waals surface area contributed by atoms with Crippen LogP contribution in [0.5, 0.6) is 0 Å². The van der Waals surface area contributed by atoms with Gasteiger partial charge in [-0.3, -0.25) is 4.90 Å². The summed E-state index contributed by atoms with van der Waals surface area (Å²) in [6, 6.07) is 19.3. The fraction of sp³-hybridized carbons (Fsp3) is 0.500.